The molecular weight excluding hydrogens is 411 g/mol. The number of halogens is 5. The van der Waals surface area contributed by atoms with E-state index in [1.165, 1.54) is 32.0 Å². The Morgan fingerprint density at radius 3 is 2.53 bits per heavy atom. The second-order valence-electron chi connectivity index (χ2n) is 6.68. The van der Waals surface area contributed by atoms with Gasteiger partial charge in [0.15, 0.2) is 5.65 Å². The van der Waals surface area contributed by atoms with Crippen LogP contribution in [0.15, 0.2) is 24.3 Å². The van der Waals surface area contributed by atoms with Gasteiger partial charge in [-0.15, -0.1) is 0 Å². The summed E-state index contributed by atoms with van der Waals surface area (Å²) in [6, 6.07) is 5.17. The van der Waals surface area contributed by atoms with Crippen molar-refractivity contribution in [1.29, 1.82) is 0 Å². The van der Waals surface area contributed by atoms with E-state index in [1.807, 2.05) is 0 Å². The molecule has 0 spiro atoms. The first-order chi connectivity index (χ1) is 14.0. The molecule has 11 heteroatoms. The van der Waals surface area contributed by atoms with Gasteiger partial charge in [0.1, 0.15) is 12.3 Å². The first-order valence-corrected chi connectivity index (χ1v) is 8.73. The summed E-state index contributed by atoms with van der Waals surface area (Å²) >= 11 is 0. The molecule has 0 saturated heterocycles. The van der Waals surface area contributed by atoms with Crippen molar-refractivity contribution in [2.45, 2.75) is 40.1 Å². The van der Waals surface area contributed by atoms with Crippen LogP contribution < -0.4 is 10.1 Å². The SMILES string of the molecule is Cc1ccc(OC(F)F)c(NC(=O)Cn2nc(C)c3c(C(F)(F)F)cc(C)nc32)c1. The van der Waals surface area contributed by atoms with Gasteiger partial charge >= 0.3 is 12.8 Å². The number of rotatable bonds is 5. The van der Waals surface area contributed by atoms with Crippen LogP contribution in [-0.4, -0.2) is 27.3 Å². The quantitative estimate of drug-likeness (QED) is 0.603. The zero-order chi connectivity index (χ0) is 22.2. The highest BCUT2D eigenvalue weighted by molar-refractivity contribution is 5.93. The van der Waals surface area contributed by atoms with Gasteiger partial charge in [0, 0.05) is 5.69 Å². The summed E-state index contributed by atoms with van der Waals surface area (Å²) in [4.78, 5) is 16.6. The second-order valence-corrected chi connectivity index (χ2v) is 6.68. The molecule has 0 radical (unpaired) electrons. The molecule has 3 aromatic rings. The molecule has 0 bridgehead atoms. The zero-order valence-corrected chi connectivity index (χ0v) is 16.1. The number of hydrogen-bond donors (Lipinski definition) is 1. The molecule has 0 fully saturated rings. The van der Waals surface area contributed by atoms with Crippen molar-refractivity contribution in [3.05, 3.63) is 46.8 Å². The lowest BCUT2D eigenvalue weighted by Gasteiger charge is -2.13. The zero-order valence-electron chi connectivity index (χ0n) is 16.1. The number of pyridine rings is 1. The largest absolute Gasteiger partial charge is 0.433 e. The third-order valence-electron chi connectivity index (χ3n) is 4.23. The van der Waals surface area contributed by atoms with E-state index in [4.69, 9.17) is 0 Å². The molecular formula is C19H17F5N4O2. The number of anilines is 1. The van der Waals surface area contributed by atoms with Crippen molar-refractivity contribution in [3.8, 4) is 5.75 Å². The minimum Gasteiger partial charge on any atom is -0.433 e. The Balaban J connectivity index is 1.94. The van der Waals surface area contributed by atoms with Gasteiger partial charge in [-0.25, -0.2) is 9.67 Å². The summed E-state index contributed by atoms with van der Waals surface area (Å²) in [6.45, 7) is 0.923. The van der Waals surface area contributed by atoms with E-state index in [1.54, 1.807) is 6.92 Å². The predicted octanol–water partition coefficient (Wildman–Crippen LogP) is 4.62. The van der Waals surface area contributed by atoms with Gasteiger partial charge in [-0.3, -0.25) is 4.79 Å². The number of aryl methyl sites for hydroxylation is 3. The number of amides is 1. The average molecular weight is 428 g/mol. The highest BCUT2D eigenvalue weighted by Crippen LogP contribution is 2.36. The lowest BCUT2D eigenvalue weighted by Crippen LogP contribution is -2.21. The Morgan fingerprint density at radius 1 is 1.20 bits per heavy atom. The van der Waals surface area contributed by atoms with Gasteiger partial charge in [-0.1, -0.05) is 6.07 Å². The topological polar surface area (TPSA) is 69.0 Å². The molecule has 1 aromatic carbocycles. The summed E-state index contributed by atoms with van der Waals surface area (Å²) in [5.74, 6) is -0.931. The fourth-order valence-corrected chi connectivity index (χ4v) is 3.08. The Bertz CT molecular complexity index is 1110. The van der Waals surface area contributed by atoms with Crippen LogP contribution in [0, 0.1) is 20.8 Å². The molecule has 30 heavy (non-hydrogen) atoms. The maximum Gasteiger partial charge on any atom is 0.417 e. The van der Waals surface area contributed by atoms with Crippen LogP contribution in [0.2, 0.25) is 0 Å². The normalized spacial score (nSPS) is 11.9. The minimum atomic E-state index is -4.62. The second kappa shape index (κ2) is 7.88. The van der Waals surface area contributed by atoms with Crippen molar-refractivity contribution in [2.24, 2.45) is 0 Å². The first kappa shape index (κ1) is 21.5. The number of alkyl halides is 5. The number of carbonyl (C=O) groups is 1. The fraction of sp³-hybridized carbons (Fsp3) is 0.316. The molecule has 1 amide bonds. The molecule has 6 nitrogen and oxygen atoms in total. The van der Waals surface area contributed by atoms with Crippen LogP contribution in [0.5, 0.6) is 5.75 Å². The number of hydrogen-bond acceptors (Lipinski definition) is 4. The molecule has 160 valence electrons. The van der Waals surface area contributed by atoms with Gasteiger partial charge in [0.25, 0.3) is 0 Å². The summed E-state index contributed by atoms with van der Waals surface area (Å²) < 4.78 is 70.8. The number of carbonyl (C=O) groups excluding carboxylic acids is 1. The highest BCUT2D eigenvalue weighted by atomic mass is 19.4. The minimum absolute atomic E-state index is 0.00797. The molecule has 1 N–H and O–H groups in total. The molecule has 3 rings (SSSR count). The van der Waals surface area contributed by atoms with Crippen LogP contribution in [-0.2, 0) is 17.5 Å². The van der Waals surface area contributed by atoms with Gasteiger partial charge in [-0.2, -0.15) is 27.1 Å². The van der Waals surface area contributed by atoms with Gasteiger partial charge in [0.2, 0.25) is 5.91 Å². The number of nitrogens with zero attached hydrogens (tertiary/aromatic N) is 3. The molecule has 0 aliphatic rings. The van der Waals surface area contributed by atoms with Crippen LogP contribution in [0.25, 0.3) is 11.0 Å². The van der Waals surface area contributed by atoms with Crippen molar-refractivity contribution in [2.75, 3.05) is 5.32 Å². The summed E-state index contributed by atoms with van der Waals surface area (Å²) in [5.41, 5.74) is -0.116. The van der Waals surface area contributed by atoms with Crippen LogP contribution in [0.4, 0.5) is 27.6 Å². The lowest BCUT2D eigenvalue weighted by molar-refractivity contribution is -0.136. The van der Waals surface area contributed by atoms with Crippen molar-refractivity contribution < 1.29 is 31.5 Å². The number of benzene rings is 1. The smallest absolute Gasteiger partial charge is 0.417 e. The molecule has 0 unspecified atom stereocenters. The summed E-state index contributed by atoms with van der Waals surface area (Å²) in [5, 5.41) is 6.25. The molecule has 0 atom stereocenters. The van der Waals surface area contributed by atoms with Crippen LogP contribution in [0.1, 0.15) is 22.5 Å². The van der Waals surface area contributed by atoms with Gasteiger partial charge in [-0.05, 0) is 44.5 Å². The van der Waals surface area contributed by atoms with E-state index in [0.717, 1.165) is 10.7 Å². The molecule has 0 saturated carbocycles. The highest BCUT2D eigenvalue weighted by Gasteiger charge is 2.35. The summed E-state index contributed by atoms with van der Waals surface area (Å²) in [6.07, 6.45) is -4.62. The third-order valence-corrected chi connectivity index (χ3v) is 4.23. The number of ether oxygens (including phenoxy) is 1. The van der Waals surface area contributed by atoms with E-state index in [9.17, 15) is 26.7 Å². The lowest BCUT2D eigenvalue weighted by atomic mass is 10.1. The third kappa shape index (κ3) is 4.50. The molecule has 2 heterocycles. The maximum absolute atomic E-state index is 13.4. The van der Waals surface area contributed by atoms with E-state index < -0.39 is 30.8 Å². The predicted molar refractivity (Wildman–Crippen MR) is 98.4 cm³/mol. The Labute approximate surface area is 167 Å². The Morgan fingerprint density at radius 2 is 1.90 bits per heavy atom. The number of nitrogens with one attached hydrogen (secondary N) is 1. The van der Waals surface area contributed by atoms with Crippen molar-refractivity contribution >= 4 is 22.6 Å². The first-order valence-electron chi connectivity index (χ1n) is 8.73. The monoisotopic (exact) mass is 428 g/mol. The Kier molecular flexibility index (Phi) is 5.64. The van der Waals surface area contributed by atoms with Gasteiger partial charge < -0.3 is 10.1 Å². The summed E-state index contributed by atoms with van der Waals surface area (Å²) in [7, 11) is 0. The maximum atomic E-state index is 13.4. The van der Waals surface area contributed by atoms with Crippen molar-refractivity contribution in [3.63, 3.8) is 0 Å². The Hall–Kier alpha value is -3.24. The standard InChI is InChI=1S/C19H17F5N4O2/c1-9-4-5-14(30-18(20)21)13(6-9)26-15(29)8-28-17-16(11(3)27-28)12(19(22,23)24)7-10(2)25-17/h4-7,18H,8H2,1-3H3,(H,26,29). The van der Waals surface area contributed by atoms with E-state index in [2.05, 4.69) is 20.1 Å². The van der Waals surface area contributed by atoms with E-state index in [-0.39, 0.29) is 33.9 Å². The average Bonchev–Trinajstić information content (AvgIpc) is 2.90. The van der Waals surface area contributed by atoms with E-state index >= 15 is 0 Å². The molecule has 2 aromatic heterocycles. The fourth-order valence-electron chi connectivity index (χ4n) is 3.08. The molecule has 0 aliphatic carbocycles. The van der Waals surface area contributed by atoms with Gasteiger partial charge in [0.05, 0.1) is 22.3 Å². The van der Waals surface area contributed by atoms with Crippen molar-refractivity contribution in [1.82, 2.24) is 14.8 Å². The number of aromatic nitrogens is 3. The van der Waals surface area contributed by atoms with Crippen LogP contribution >= 0.6 is 0 Å². The molecule has 0 aliphatic heterocycles. The van der Waals surface area contributed by atoms with Crippen LogP contribution in [0.3, 0.4) is 0 Å². The van der Waals surface area contributed by atoms with E-state index in [0.29, 0.717) is 5.56 Å². The number of fused-ring (bicyclic) bond motifs is 1.